The molecule has 1 aromatic rings. The first-order chi connectivity index (χ1) is 12.4. The lowest BCUT2D eigenvalue weighted by Crippen LogP contribution is -2.29. The monoisotopic (exact) mass is 367 g/mol. The van der Waals surface area contributed by atoms with Crippen LogP contribution in [-0.2, 0) is 9.53 Å². The Morgan fingerprint density at radius 1 is 0.926 bits per heavy atom. The number of hydrogen-bond acceptors (Lipinski definition) is 4. The van der Waals surface area contributed by atoms with Gasteiger partial charge < -0.3 is 4.74 Å². The van der Waals surface area contributed by atoms with Crippen molar-refractivity contribution >= 4 is 23.2 Å². The van der Waals surface area contributed by atoms with Gasteiger partial charge in [-0.05, 0) is 54.2 Å². The maximum Gasteiger partial charge on any atom is 0.338 e. The summed E-state index contributed by atoms with van der Waals surface area (Å²) in [6.45, 7) is 14.3. The van der Waals surface area contributed by atoms with E-state index in [2.05, 4.69) is 4.99 Å². The van der Waals surface area contributed by atoms with Crippen LogP contribution in [0.5, 0.6) is 0 Å². The Morgan fingerprint density at radius 2 is 1.41 bits per heavy atom. The summed E-state index contributed by atoms with van der Waals surface area (Å²) in [7, 11) is 0. The molecule has 0 fully saturated rings. The minimum Gasteiger partial charge on any atom is -0.462 e. The van der Waals surface area contributed by atoms with Gasteiger partial charge >= 0.3 is 5.97 Å². The van der Waals surface area contributed by atoms with E-state index < -0.39 is 0 Å². The van der Waals surface area contributed by atoms with E-state index in [4.69, 9.17) is 4.74 Å². The van der Waals surface area contributed by atoms with Crippen LogP contribution in [0.3, 0.4) is 0 Å². The number of carbonyl (C=O) groups is 2. The molecular weight excluding hydrogens is 338 g/mol. The molecular formula is C23H29NO3. The molecule has 1 aromatic carbocycles. The minimum absolute atomic E-state index is 0.0895. The highest BCUT2D eigenvalue weighted by molar-refractivity contribution is 6.23. The van der Waals surface area contributed by atoms with Crippen molar-refractivity contribution in [2.24, 2.45) is 15.8 Å². The van der Waals surface area contributed by atoms with Crippen LogP contribution >= 0.6 is 0 Å². The SMILES string of the molecule is CCOC(=O)c1ccc(N=C2C=C(C(C)(C)C)C(=O)C(C(C)(C)C)=C2)cc1. The van der Waals surface area contributed by atoms with Crippen LogP contribution in [0, 0.1) is 10.8 Å². The first-order valence-electron chi connectivity index (χ1n) is 9.28. The normalized spacial score (nSPS) is 15.2. The lowest BCUT2D eigenvalue weighted by molar-refractivity contribution is -0.114. The molecule has 0 radical (unpaired) electrons. The van der Waals surface area contributed by atoms with Gasteiger partial charge in [0.2, 0.25) is 0 Å². The van der Waals surface area contributed by atoms with Gasteiger partial charge in [-0.25, -0.2) is 9.79 Å². The molecule has 0 heterocycles. The van der Waals surface area contributed by atoms with Crippen LogP contribution in [0.4, 0.5) is 5.69 Å². The summed E-state index contributed by atoms with van der Waals surface area (Å²) in [6.07, 6.45) is 3.74. The van der Waals surface area contributed by atoms with Crippen molar-refractivity contribution in [3.05, 3.63) is 53.1 Å². The number of nitrogens with zero attached hydrogens (tertiary/aromatic N) is 1. The number of ketones is 1. The third-order valence-corrected chi connectivity index (χ3v) is 4.33. The van der Waals surface area contributed by atoms with Gasteiger partial charge in [-0.2, -0.15) is 0 Å². The van der Waals surface area contributed by atoms with Crippen molar-refractivity contribution in [2.75, 3.05) is 6.61 Å². The van der Waals surface area contributed by atoms with Gasteiger partial charge in [0.25, 0.3) is 0 Å². The average Bonchev–Trinajstić information content (AvgIpc) is 2.55. The summed E-state index contributed by atoms with van der Waals surface area (Å²) in [5.74, 6) is -0.253. The first-order valence-corrected chi connectivity index (χ1v) is 9.28. The summed E-state index contributed by atoms with van der Waals surface area (Å²) >= 11 is 0. The number of esters is 1. The van der Waals surface area contributed by atoms with Crippen LogP contribution in [0.2, 0.25) is 0 Å². The van der Waals surface area contributed by atoms with E-state index in [0.717, 1.165) is 22.5 Å². The van der Waals surface area contributed by atoms with E-state index >= 15 is 0 Å². The highest BCUT2D eigenvalue weighted by Crippen LogP contribution is 2.37. The fourth-order valence-corrected chi connectivity index (χ4v) is 2.83. The third-order valence-electron chi connectivity index (χ3n) is 4.33. The second-order valence-electron chi connectivity index (χ2n) is 8.75. The van der Waals surface area contributed by atoms with E-state index in [-0.39, 0.29) is 22.6 Å². The van der Waals surface area contributed by atoms with Gasteiger partial charge in [0.05, 0.1) is 23.6 Å². The number of hydrogen-bond donors (Lipinski definition) is 0. The van der Waals surface area contributed by atoms with E-state index in [0.29, 0.717) is 12.2 Å². The van der Waals surface area contributed by atoms with Crippen molar-refractivity contribution in [1.29, 1.82) is 0 Å². The highest BCUT2D eigenvalue weighted by Gasteiger charge is 2.34. The van der Waals surface area contributed by atoms with E-state index in [1.807, 2.05) is 53.7 Å². The Kier molecular flexibility index (Phi) is 5.88. The van der Waals surface area contributed by atoms with Gasteiger partial charge in [0.1, 0.15) is 0 Å². The number of Topliss-reactive ketones (excluding diaryl/α,β-unsaturated/α-hetero) is 1. The van der Waals surface area contributed by atoms with Crippen LogP contribution in [-0.4, -0.2) is 24.1 Å². The maximum absolute atomic E-state index is 13.0. The molecule has 144 valence electrons. The molecule has 0 bridgehead atoms. The van der Waals surface area contributed by atoms with E-state index in [9.17, 15) is 9.59 Å². The van der Waals surface area contributed by atoms with Crippen LogP contribution in [0.15, 0.2) is 52.6 Å². The molecule has 0 N–H and O–H groups in total. The Bertz CT molecular complexity index is 790. The molecule has 0 aromatic heterocycles. The Balaban J connectivity index is 2.45. The lowest BCUT2D eigenvalue weighted by Gasteiger charge is -2.31. The van der Waals surface area contributed by atoms with E-state index in [1.54, 1.807) is 31.2 Å². The number of carbonyl (C=O) groups excluding carboxylic acids is 2. The van der Waals surface area contributed by atoms with Gasteiger partial charge in [0, 0.05) is 11.1 Å². The summed E-state index contributed by atoms with van der Waals surface area (Å²) in [6, 6.07) is 6.97. The summed E-state index contributed by atoms with van der Waals surface area (Å²) in [4.78, 5) is 29.4. The summed E-state index contributed by atoms with van der Waals surface area (Å²) < 4.78 is 5.00. The summed E-state index contributed by atoms with van der Waals surface area (Å²) in [5, 5.41) is 0. The number of allylic oxidation sites excluding steroid dienone is 4. The zero-order valence-electron chi connectivity index (χ0n) is 17.3. The molecule has 0 unspecified atom stereocenters. The molecule has 0 atom stereocenters. The second-order valence-corrected chi connectivity index (χ2v) is 8.75. The number of benzene rings is 1. The molecule has 0 saturated carbocycles. The predicted molar refractivity (Wildman–Crippen MR) is 110 cm³/mol. The lowest BCUT2D eigenvalue weighted by atomic mass is 9.72. The molecule has 27 heavy (non-hydrogen) atoms. The third kappa shape index (κ3) is 5.03. The van der Waals surface area contributed by atoms with Crippen molar-refractivity contribution in [3.63, 3.8) is 0 Å². The molecule has 0 aliphatic heterocycles. The van der Waals surface area contributed by atoms with Crippen molar-refractivity contribution in [3.8, 4) is 0 Å². The quantitative estimate of drug-likeness (QED) is 0.526. The topological polar surface area (TPSA) is 55.7 Å². The fraction of sp³-hybridized carbons (Fsp3) is 0.435. The largest absolute Gasteiger partial charge is 0.462 e. The highest BCUT2D eigenvalue weighted by atomic mass is 16.5. The first kappa shape index (κ1) is 20.8. The molecule has 1 aliphatic rings. The number of ether oxygens (including phenoxy) is 1. The zero-order chi connectivity index (χ0) is 20.4. The van der Waals surface area contributed by atoms with E-state index in [1.165, 1.54) is 0 Å². The Hall–Kier alpha value is -2.49. The predicted octanol–water partition coefficient (Wildman–Crippen LogP) is 5.46. The van der Waals surface area contributed by atoms with Gasteiger partial charge in [-0.3, -0.25) is 4.79 Å². The smallest absolute Gasteiger partial charge is 0.338 e. The molecule has 1 aliphatic carbocycles. The van der Waals surface area contributed by atoms with Crippen LogP contribution in [0.25, 0.3) is 0 Å². The van der Waals surface area contributed by atoms with Crippen molar-refractivity contribution < 1.29 is 14.3 Å². The Morgan fingerprint density at radius 3 is 1.81 bits per heavy atom. The molecule has 0 saturated heterocycles. The zero-order valence-corrected chi connectivity index (χ0v) is 17.3. The van der Waals surface area contributed by atoms with Gasteiger partial charge in [-0.15, -0.1) is 0 Å². The van der Waals surface area contributed by atoms with Crippen molar-refractivity contribution in [2.45, 2.75) is 48.5 Å². The van der Waals surface area contributed by atoms with Crippen molar-refractivity contribution in [1.82, 2.24) is 0 Å². The molecule has 2 rings (SSSR count). The second kappa shape index (κ2) is 7.63. The minimum atomic E-state index is -0.343. The van der Waals surface area contributed by atoms with Gasteiger partial charge in [0.15, 0.2) is 5.78 Å². The average molecular weight is 367 g/mol. The van der Waals surface area contributed by atoms with Crippen LogP contribution < -0.4 is 0 Å². The molecule has 4 nitrogen and oxygen atoms in total. The Labute approximate surface area is 162 Å². The fourth-order valence-electron chi connectivity index (χ4n) is 2.83. The van der Waals surface area contributed by atoms with Gasteiger partial charge in [-0.1, -0.05) is 41.5 Å². The maximum atomic E-state index is 13.0. The number of rotatable bonds is 3. The molecule has 4 heteroatoms. The van der Waals surface area contributed by atoms with Crippen LogP contribution in [0.1, 0.15) is 58.8 Å². The molecule has 0 spiro atoms. The standard InChI is InChI=1S/C23H29NO3/c1-8-27-21(26)15-9-11-16(12-10-15)24-17-13-18(22(2,3)4)20(25)19(14-17)23(5,6)7/h9-14H,8H2,1-7H3. The summed E-state index contributed by atoms with van der Waals surface area (Å²) in [5.41, 5.74) is 2.95. The molecule has 0 amide bonds. The number of aliphatic imine (C=N–C) groups is 1.